The average Bonchev–Trinajstić information content (AvgIpc) is 2.14. The molecule has 17 heavy (non-hydrogen) atoms. The number of carbonyl (C=O) groups excluding carboxylic acids is 2. The first-order chi connectivity index (χ1) is 7.68. The smallest absolute Gasteiger partial charge is 0.328 e. The molecule has 0 aliphatic carbocycles. The molecule has 4 nitrogen and oxygen atoms in total. The van der Waals surface area contributed by atoms with E-state index >= 15 is 0 Å². The topological polar surface area (TPSA) is 55.4 Å². The fourth-order valence-corrected chi connectivity index (χ4v) is 1.37. The van der Waals surface area contributed by atoms with Gasteiger partial charge in [-0.15, -0.1) is 0 Å². The molecule has 0 aromatic heterocycles. The number of nitrogens with one attached hydrogen (secondary N) is 1. The van der Waals surface area contributed by atoms with Gasteiger partial charge in [0.15, 0.2) is 0 Å². The highest BCUT2D eigenvalue weighted by Crippen LogP contribution is 2.17. The monoisotopic (exact) mass is 307 g/mol. The Morgan fingerprint density at radius 3 is 2.24 bits per heavy atom. The Hall–Kier alpha value is -0.580. The van der Waals surface area contributed by atoms with Crippen LogP contribution in [0.2, 0.25) is 0 Å². The van der Waals surface area contributed by atoms with Gasteiger partial charge in [0.25, 0.3) is 0 Å². The number of alkyl halides is 1. The maximum Gasteiger partial charge on any atom is 0.328 e. The van der Waals surface area contributed by atoms with Crippen molar-refractivity contribution in [3.63, 3.8) is 0 Å². The Kier molecular flexibility index (Phi) is 6.75. The van der Waals surface area contributed by atoms with Crippen LogP contribution in [0.15, 0.2) is 0 Å². The van der Waals surface area contributed by atoms with Gasteiger partial charge in [-0.1, -0.05) is 29.8 Å². The Labute approximate surface area is 112 Å². The molecule has 0 saturated carbocycles. The molecular formula is C12H22BrNO3. The number of ether oxygens (including phenoxy) is 1. The maximum atomic E-state index is 11.8. The lowest BCUT2D eigenvalue weighted by Gasteiger charge is -2.23. The quantitative estimate of drug-likeness (QED) is 0.605. The lowest BCUT2D eigenvalue weighted by atomic mass is 10.0. The second kappa shape index (κ2) is 6.99. The number of halogens is 1. The van der Waals surface area contributed by atoms with Crippen molar-refractivity contribution in [2.45, 2.75) is 51.4 Å². The first kappa shape index (κ1) is 16.4. The largest absolute Gasteiger partial charge is 0.464 e. The van der Waals surface area contributed by atoms with Gasteiger partial charge in [0.05, 0.1) is 10.9 Å². The number of hydrogen-bond acceptors (Lipinski definition) is 3. The Balaban J connectivity index is 4.60. The van der Waals surface area contributed by atoms with Crippen molar-refractivity contribution in [3.05, 3.63) is 0 Å². The zero-order chi connectivity index (χ0) is 13.6. The zero-order valence-electron chi connectivity index (χ0n) is 11.2. The van der Waals surface area contributed by atoms with E-state index in [1.54, 1.807) is 20.8 Å². The van der Waals surface area contributed by atoms with Gasteiger partial charge in [-0.3, -0.25) is 4.79 Å². The van der Waals surface area contributed by atoms with Crippen LogP contribution in [0.25, 0.3) is 0 Å². The Bertz CT molecular complexity index is 271. The summed E-state index contributed by atoms with van der Waals surface area (Å²) < 4.78 is 4.26. The molecule has 1 atom stereocenters. The molecule has 100 valence electrons. The average molecular weight is 308 g/mol. The van der Waals surface area contributed by atoms with Crippen LogP contribution >= 0.6 is 15.9 Å². The van der Waals surface area contributed by atoms with E-state index in [1.807, 2.05) is 13.8 Å². The molecule has 5 heteroatoms. The summed E-state index contributed by atoms with van der Waals surface area (Å²) in [4.78, 5) is 23.5. The first-order valence-corrected chi connectivity index (χ1v) is 6.64. The molecule has 0 aliphatic heterocycles. The highest BCUT2D eigenvalue weighted by molar-refractivity contribution is 9.10. The summed E-state index contributed by atoms with van der Waals surface area (Å²) >= 11 is 3.26. The summed E-state index contributed by atoms with van der Waals surface area (Å²) in [5.74, 6) is -0.273. The predicted molar refractivity (Wildman–Crippen MR) is 71.0 cm³/mol. The van der Waals surface area contributed by atoms with E-state index in [9.17, 15) is 9.59 Å². The van der Waals surface area contributed by atoms with Crippen LogP contribution in [-0.2, 0) is 14.3 Å². The molecule has 0 aromatic rings. The summed E-state index contributed by atoms with van der Waals surface area (Å²) in [5.41, 5.74) is 0. The zero-order valence-corrected chi connectivity index (χ0v) is 12.8. The minimum Gasteiger partial charge on any atom is -0.464 e. The van der Waals surface area contributed by atoms with Crippen molar-refractivity contribution >= 4 is 27.8 Å². The third kappa shape index (κ3) is 6.66. The van der Waals surface area contributed by atoms with Crippen LogP contribution in [0.4, 0.5) is 0 Å². The molecule has 1 unspecified atom stereocenters. The van der Waals surface area contributed by atoms with E-state index in [-0.39, 0.29) is 11.9 Å². The molecule has 0 fully saturated rings. The van der Waals surface area contributed by atoms with Crippen molar-refractivity contribution in [3.8, 4) is 0 Å². The van der Waals surface area contributed by atoms with Crippen LogP contribution in [0.1, 0.15) is 41.0 Å². The fraction of sp³-hybridized carbons (Fsp3) is 0.833. The number of rotatable bonds is 6. The Morgan fingerprint density at radius 1 is 1.35 bits per heavy atom. The first-order valence-electron chi connectivity index (χ1n) is 5.85. The van der Waals surface area contributed by atoms with E-state index in [0.717, 1.165) is 0 Å². The molecule has 0 rings (SSSR count). The number of esters is 1. The van der Waals surface area contributed by atoms with Gasteiger partial charge in [-0.05, 0) is 33.1 Å². The molecule has 0 aromatic carbocycles. The third-order valence-corrected chi connectivity index (χ3v) is 2.48. The fourth-order valence-electron chi connectivity index (χ4n) is 1.26. The molecule has 0 spiro atoms. The van der Waals surface area contributed by atoms with Crippen LogP contribution in [0.3, 0.4) is 0 Å². The van der Waals surface area contributed by atoms with E-state index in [4.69, 9.17) is 4.74 Å². The third-order valence-electron chi connectivity index (χ3n) is 2.12. The molecule has 0 bridgehead atoms. The highest BCUT2D eigenvalue weighted by atomic mass is 79.9. The van der Waals surface area contributed by atoms with Crippen molar-refractivity contribution < 1.29 is 14.3 Å². The molecule has 1 amide bonds. The lowest BCUT2D eigenvalue weighted by Crippen LogP contribution is -2.48. The van der Waals surface area contributed by atoms with Crippen LogP contribution in [-0.4, -0.2) is 28.8 Å². The van der Waals surface area contributed by atoms with Gasteiger partial charge in [0, 0.05) is 0 Å². The molecule has 0 heterocycles. The van der Waals surface area contributed by atoms with Gasteiger partial charge in [0.2, 0.25) is 5.91 Å². The van der Waals surface area contributed by atoms with Gasteiger partial charge in [0.1, 0.15) is 6.04 Å². The van der Waals surface area contributed by atoms with Crippen molar-refractivity contribution in [1.82, 2.24) is 5.32 Å². The summed E-state index contributed by atoms with van der Waals surface area (Å²) in [6, 6.07) is -0.570. The van der Waals surface area contributed by atoms with Gasteiger partial charge in [-0.25, -0.2) is 4.79 Å². The number of hydrogen-bond donors (Lipinski definition) is 1. The second-order valence-corrected chi connectivity index (χ2v) is 6.86. The lowest BCUT2D eigenvalue weighted by molar-refractivity contribution is -0.148. The standard InChI is InChI=1S/C12H22BrNO3/c1-6-17-10(15)9(7-8(2)3)14-11(16)12(4,5)13/h8-9H,6-7H2,1-5H3,(H,14,16). The normalized spacial score (nSPS) is 13.4. The van der Waals surface area contributed by atoms with Gasteiger partial charge in [-0.2, -0.15) is 0 Å². The van der Waals surface area contributed by atoms with Crippen molar-refractivity contribution in [1.29, 1.82) is 0 Å². The van der Waals surface area contributed by atoms with Gasteiger partial charge >= 0.3 is 5.97 Å². The van der Waals surface area contributed by atoms with Crippen molar-refractivity contribution in [2.24, 2.45) is 5.92 Å². The molecule has 0 saturated heterocycles. The number of carbonyl (C=O) groups is 2. The number of amides is 1. The SMILES string of the molecule is CCOC(=O)C(CC(C)C)NC(=O)C(C)(C)Br. The molecule has 1 N–H and O–H groups in total. The van der Waals surface area contributed by atoms with Crippen molar-refractivity contribution in [2.75, 3.05) is 6.61 Å². The molecule has 0 aliphatic rings. The Morgan fingerprint density at radius 2 is 1.88 bits per heavy atom. The summed E-state index contributed by atoms with van der Waals surface area (Å²) in [7, 11) is 0. The second-order valence-electron chi connectivity index (χ2n) is 4.88. The van der Waals surface area contributed by atoms with Crippen LogP contribution in [0, 0.1) is 5.92 Å². The minimum atomic E-state index is -0.686. The predicted octanol–water partition coefficient (Wildman–Crippen LogP) is 2.25. The summed E-state index contributed by atoms with van der Waals surface area (Å²) in [6.07, 6.45) is 0.577. The highest BCUT2D eigenvalue weighted by Gasteiger charge is 2.29. The summed E-state index contributed by atoms with van der Waals surface area (Å²) in [6.45, 7) is 9.54. The van der Waals surface area contributed by atoms with Crippen LogP contribution in [0.5, 0.6) is 0 Å². The van der Waals surface area contributed by atoms with Gasteiger partial charge < -0.3 is 10.1 Å². The van der Waals surface area contributed by atoms with E-state index in [2.05, 4.69) is 21.2 Å². The maximum absolute atomic E-state index is 11.8. The van der Waals surface area contributed by atoms with E-state index in [0.29, 0.717) is 18.9 Å². The molecule has 0 radical (unpaired) electrons. The molecular weight excluding hydrogens is 286 g/mol. The summed E-state index contributed by atoms with van der Waals surface area (Å²) in [5, 5.41) is 2.71. The minimum absolute atomic E-state index is 0.212. The van der Waals surface area contributed by atoms with E-state index in [1.165, 1.54) is 0 Å². The van der Waals surface area contributed by atoms with Crippen LogP contribution < -0.4 is 5.32 Å². The van der Waals surface area contributed by atoms with E-state index < -0.39 is 10.4 Å².